The van der Waals surface area contributed by atoms with Gasteiger partial charge in [-0.3, -0.25) is 0 Å². The molecule has 0 saturated heterocycles. The van der Waals surface area contributed by atoms with Crippen LogP contribution >= 0.6 is 0 Å². The Hall–Kier alpha value is -3.68. The van der Waals surface area contributed by atoms with Crippen LogP contribution in [0.2, 0.25) is 0 Å². The number of nitrogens with zero attached hydrogens (tertiary/aromatic N) is 1. The Labute approximate surface area is 201 Å². The van der Waals surface area contributed by atoms with Crippen molar-refractivity contribution < 1.29 is 48.2 Å². The van der Waals surface area contributed by atoms with E-state index in [4.69, 9.17) is 8.60 Å². The lowest BCUT2D eigenvalue weighted by Gasteiger charge is -2.23. The molecule has 0 fully saturated rings. The zero-order chi connectivity index (χ0) is 26.7. The van der Waals surface area contributed by atoms with Gasteiger partial charge in [0.2, 0.25) is 0 Å². The maximum Gasteiger partial charge on any atom is 0.416 e. The van der Waals surface area contributed by atoms with Crippen LogP contribution < -0.4 is 9.50 Å². The van der Waals surface area contributed by atoms with Crippen molar-refractivity contribution in [1.82, 2.24) is 4.90 Å². The minimum atomic E-state index is -5.09. The van der Waals surface area contributed by atoms with Crippen LogP contribution in [0.4, 0.5) is 36.8 Å². The van der Waals surface area contributed by atoms with Crippen molar-refractivity contribution in [2.45, 2.75) is 25.4 Å². The molecule has 0 aliphatic rings. The van der Waals surface area contributed by atoms with Crippen LogP contribution in [0.15, 0.2) is 65.3 Å². The summed E-state index contributed by atoms with van der Waals surface area (Å²) < 4.78 is 112. The molecule has 0 atom stereocenters. The van der Waals surface area contributed by atoms with E-state index in [0.29, 0.717) is 17.7 Å². The summed E-state index contributed by atoms with van der Waals surface area (Å²) in [5, 5.41) is 2.07. The minimum Gasteiger partial charge on any atom is -0.467 e. The highest BCUT2D eigenvalue weighted by molar-refractivity contribution is 7.86. The number of alkyl halides is 6. The van der Waals surface area contributed by atoms with Crippen LogP contribution in [0.3, 0.4) is 0 Å². The fourth-order valence-electron chi connectivity index (χ4n) is 3.11. The Morgan fingerprint density at radius 2 is 1.58 bits per heavy atom. The average molecular weight is 536 g/mol. The van der Waals surface area contributed by atoms with Gasteiger partial charge < -0.3 is 18.8 Å². The molecule has 3 rings (SSSR count). The summed E-state index contributed by atoms with van der Waals surface area (Å²) in [6.45, 7) is -0.431. The molecule has 0 aliphatic heterocycles. The van der Waals surface area contributed by atoms with Gasteiger partial charge in [-0.15, -0.1) is 0 Å². The van der Waals surface area contributed by atoms with Gasteiger partial charge in [0.05, 0.1) is 30.2 Å². The maximum atomic E-state index is 13.2. The van der Waals surface area contributed by atoms with Crippen LogP contribution in [-0.2, 0) is 35.6 Å². The van der Waals surface area contributed by atoms with E-state index in [1.165, 1.54) is 42.7 Å². The minimum absolute atomic E-state index is 0.0520. The van der Waals surface area contributed by atoms with Crippen LogP contribution in [0, 0.1) is 0 Å². The Bertz CT molecular complexity index is 1290. The zero-order valence-corrected chi connectivity index (χ0v) is 19.2. The number of hydrogen-bond acceptors (Lipinski definition) is 5. The van der Waals surface area contributed by atoms with Gasteiger partial charge in [-0.2, -0.15) is 34.8 Å². The molecule has 194 valence electrons. The lowest BCUT2D eigenvalue weighted by atomic mass is 10.1. The van der Waals surface area contributed by atoms with Crippen molar-refractivity contribution in [2.75, 3.05) is 11.6 Å². The predicted octanol–water partition coefficient (Wildman–Crippen LogP) is 5.89. The number of benzene rings is 2. The molecule has 0 saturated carbocycles. The van der Waals surface area contributed by atoms with Gasteiger partial charge in [-0.25, -0.2) is 4.79 Å². The third kappa shape index (κ3) is 7.66. The van der Waals surface area contributed by atoms with E-state index in [2.05, 4.69) is 5.32 Å². The third-order valence-electron chi connectivity index (χ3n) is 4.57. The van der Waals surface area contributed by atoms with Crippen LogP contribution in [0.5, 0.6) is 5.75 Å². The van der Waals surface area contributed by atoms with Gasteiger partial charge >= 0.3 is 28.5 Å². The van der Waals surface area contributed by atoms with E-state index in [-0.39, 0.29) is 30.7 Å². The number of amides is 2. The summed E-state index contributed by atoms with van der Waals surface area (Å²) in [5.74, 6) is 0.217. The van der Waals surface area contributed by atoms with E-state index in [1.807, 2.05) is 0 Å². The first-order valence-electron chi connectivity index (χ1n) is 9.96. The summed E-state index contributed by atoms with van der Waals surface area (Å²) in [5.41, 5.74) is -3.54. The molecular formula is C22H18F6N2O5S. The van der Waals surface area contributed by atoms with Gasteiger partial charge in [-0.1, -0.05) is 12.1 Å². The summed E-state index contributed by atoms with van der Waals surface area (Å²) in [4.78, 5) is 14.0. The summed E-state index contributed by atoms with van der Waals surface area (Å²) in [6.07, 6.45) is -8.03. The van der Waals surface area contributed by atoms with Gasteiger partial charge in [0.15, 0.2) is 0 Å². The quantitative estimate of drug-likeness (QED) is 0.301. The summed E-state index contributed by atoms with van der Waals surface area (Å²) in [7, 11) is -3.84. The number of halogens is 6. The number of hydrogen-bond donors (Lipinski definition) is 1. The lowest BCUT2D eigenvalue weighted by Crippen LogP contribution is -2.34. The predicted molar refractivity (Wildman–Crippen MR) is 115 cm³/mol. The average Bonchev–Trinajstić information content (AvgIpc) is 3.24. The Kier molecular flexibility index (Phi) is 7.57. The molecule has 0 unspecified atom stereocenters. The number of anilines is 1. The van der Waals surface area contributed by atoms with Crippen LogP contribution in [0.25, 0.3) is 0 Å². The second kappa shape index (κ2) is 10.1. The number of carbonyl (C=O) groups excluding carboxylic acids is 1. The van der Waals surface area contributed by atoms with E-state index in [1.54, 1.807) is 0 Å². The Balaban J connectivity index is 1.91. The molecule has 1 aromatic heterocycles. The Morgan fingerprint density at radius 1 is 0.944 bits per heavy atom. The second-order valence-electron chi connectivity index (χ2n) is 7.59. The molecule has 0 radical (unpaired) electrons. The first-order valence-corrected chi connectivity index (χ1v) is 11.8. The van der Waals surface area contributed by atoms with Crippen molar-refractivity contribution in [3.05, 3.63) is 83.3 Å². The number of furan rings is 1. The highest BCUT2D eigenvalue weighted by Gasteiger charge is 2.37. The van der Waals surface area contributed by atoms with E-state index >= 15 is 0 Å². The Morgan fingerprint density at radius 3 is 2.11 bits per heavy atom. The molecular weight excluding hydrogens is 518 g/mol. The van der Waals surface area contributed by atoms with Crippen molar-refractivity contribution in [3.8, 4) is 5.75 Å². The van der Waals surface area contributed by atoms with Crippen molar-refractivity contribution in [1.29, 1.82) is 0 Å². The fraction of sp³-hybridized carbons (Fsp3) is 0.227. The monoisotopic (exact) mass is 536 g/mol. The van der Waals surface area contributed by atoms with Crippen molar-refractivity contribution in [2.24, 2.45) is 0 Å². The summed E-state index contributed by atoms with van der Waals surface area (Å²) in [6, 6.07) is 8.35. The van der Waals surface area contributed by atoms with Gasteiger partial charge in [0.25, 0.3) is 0 Å². The molecule has 2 aromatic carbocycles. The highest BCUT2D eigenvalue weighted by atomic mass is 32.2. The smallest absolute Gasteiger partial charge is 0.416 e. The van der Waals surface area contributed by atoms with Gasteiger partial charge in [0, 0.05) is 12.2 Å². The van der Waals surface area contributed by atoms with Gasteiger partial charge in [0.1, 0.15) is 11.5 Å². The second-order valence-corrected chi connectivity index (χ2v) is 9.17. The molecule has 7 nitrogen and oxygen atoms in total. The van der Waals surface area contributed by atoms with E-state index < -0.39 is 45.3 Å². The van der Waals surface area contributed by atoms with Gasteiger partial charge in [-0.05, 0) is 48.0 Å². The molecule has 1 N–H and O–H groups in total. The zero-order valence-electron chi connectivity index (χ0n) is 18.4. The van der Waals surface area contributed by atoms with Crippen LogP contribution in [0.1, 0.15) is 22.5 Å². The molecule has 2 amide bonds. The topological polar surface area (TPSA) is 88.9 Å². The number of carbonyl (C=O) groups is 1. The molecule has 14 heteroatoms. The lowest BCUT2D eigenvalue weighted by molar-refractivity contribution is -0.143. The highest BCUT2D eigenvalue weighted by Crippen LogP contribution is 2.37. The van der Waals surface area contributed by atoms with E-state index in [0.717, 1.165) is 11.2 Å². The fourth-order valence-corrected chi connectivity index (χ4v) is 3.56. The summed E-state index contributed by atoms with van der Waals surface area (Å²) >= 11 is 0. The molecule has 1 heterocycles. The SMILES string of the molecule is CS(=O)(=O)Oc1cccc(CN(Cc2ccco2)C(=O)Nc2cc(C(F)(F)F)cc(C(F)(F)F)c2)c1. The molecule has 36 heavy (non-hydrogen) atoms. The molecule has 3 aromatic rings. The first kappa shape index (κ1) is 26.9. The molecule has 0 aliphatic carbocycles. The first-order chi connectivity index (χ1) is 16.6. The molecule has 0 bridgehead atoms. The van der Waals surface area contributed by atoms with Crippen LogP contribution in [-0.4, -0.2) is 25.6 Å². The number of urea groups is 1. The maximum absolute atomic E-state index is 13.2. The van der Waals surface area contributed by atoms with E-state index in [9.17, 15) is 39.6 Å². The van der Waals surface area contributed by atoms with Crippen molar-refractivity contribution in [3.63, 3.8) is 0 Å². The standard InChI is InChI=1S/C22H18F6N2O5S/c1-36(32,33)35-18-5-2-4-14(8-18)12-30(13-19-6-3-7-34-19)20(31)29-17-10-15(21(23,24)25)9-16(11-17)22(26,27)28/h2-11H,12-13H2,1H3,(H,29,31). The number of rotatable bonds is 7. The molecule has 0 spiro atoms. The van der Waals surface area contributed by atoms with Crippen molar-refractivity contribution >= 4 is 21.8 Å². The number of nitrogens with one attached hydrogen (secondary N) is 1. The third-order valence-corrected chi connectivity index (χ3v) is 5.07. The normalized spacial score (nSPS) is 12.3. The largest absolute Gasteiger partial charge is 0.467 e.